The van der Waals surface area contributed by atoms with Gasteiger partial charge in [0.25, 0.3) is 5.91 Å². The molecule has 0 atom stereocenters. The van der Waals surface area contributed by atoms with E-state index in [9.17, 15) is 18.0 Å². The summed E-state index contributed by atoms with van der Waals surface area (Å²) in [5.41, 5.74) is 0.565. The summed E-state index contributed by atoms with van der Waals surface area (Å²) in [6, 6.07) is 3.28. The van der Waals surface area contributed by atoms with Gasteiger partial charge in [0.2, 0.25) is 10.0 Å². The van der Waals surface area contributed by atoms with Gasteiger partial charge in [0.1, 0.15) is 5.75 Å². The number of esters is 1. The summed E-state index contributed by atoms with van der Waals surface area (Å²) >= 11 is 0. The minimum absolute atomic E-state index is 0.220. The SMILES string of the molecule is COc1cc(OC)c(OC)cc1/C=C/C(=O)OCC(=O)N1CCN(S(C)(=O)=O)CC1. The number of carbonyl (C=O) groups is 2. The molecule has 10 nitrogen and oxygen atoms in total. The lowest BCUT2D eigenvalue weighted by atomic mass is 10.1. The molecule has 0 radical (unpaired) electrons. The van der Waals surface area contributed by atoms with Crippen molar-refractivity contribution in [2.24, 2.45) is 0 Å². The molecule has 1 saturated heterocycles. The molecule has 30 heavy (non-hydrogen) atoms. The van der Waals surface area contributed by atoms with Crippen LogP contribution in [0.15, 0.2) is 18.2 Å². The Labute approximate surface area is 176 Å². The van der Waals surface area contributed by atoms with Crippen LogP contribution in [0, 0.1) is 0 Å². The Morgan fingerprint density at radius 3 is 2.07 bits per heavy atom. The summed E-state index contributed by atoms with van der Waals surface area (Å²) in [6.45, 7) is 0.518. The number of piperazine rings is 1. The van der Waals surface area contributed by atoms with Gasteiger partial charge in [-0.3, -0.25) is 4.79 Å². The van der Waals surface area contributed by atoms with E-state index in [2.05, 4.69) is 0 Å². The Kier molecular flexibility index (Phi) is 8.07. The van der Waals surface area contributed by atoms with E-state index >= 15 is 0 Å². The lowest BCUT2D eigenvalue weighted by Crippen LogP contribution is -2.51. The molecule has 0 N–H and O–H groups in total. The predicted molar refractivity (Wildman–Crippen MR) is 109 cm³/mol. The van der Waals surface area contributed by atoms with Crippen LogP contribution in [-0.2, 0) is 24.3 Å². The molecular weight excluding hydrogens is 416 g/mol. The number of nitrogens with zero attached hydrogens (tertiary/aromatic N) is 2. The molecule has 0 aromatic heterocycles. The second kappa shape index (κ2) is 10.3. The molecule has 1 aromatic carbocycles. The smallest absolute Gasteiger partial charge is 0.331 e. The second-order valence-electron chi connectivity index (χ2n) is 6.43. The van der Waals surface area contributed by atoms with Crippen molar-refractivity contribution >= 4 is 28.0 Å². The summed E-state index contributed by atoms with van der Waals surface area (Å²) in [6.07, 6.45) is 3.79. The molecule has 1 fully saturated rings. The van der Waals surface area contributed by atoms with Gasteiger partial charge in [0.05, 0.1) is 27.6 Å². The number of amides is 1. The summed E-state index contributed by atoms with van der Waals surface area (Å²) in [5, 5.41) is 0. The number of sulfonamides is 1. The van der Waals surface area contributed by atoms with E-state index in [1.807, 2.05) is 0 Å². The summed E-state index contributed by atoms with van der Waals surface area (Å²) in [4.78, 5) is 25.7. The quantitative estimate of drug-likeness (QED) is 0.419. The van der Waals surface area contributed by atoms with Crippen LogP contribution >= 0.6 is 0 Å². The molecule has 1 heterocycles. The highest BCUT2D eigenvalue weighted by atomic mass is 32.2. The van der Waals surface area contributed by atoms with Gasteiger partial charge in [0.15, 0.2) is 18.1 Å². The Morgan fingerprint density at radius 2 is 1.53 bits per heavy atom. The standard InChI is InChI=1S/C19H26N2O8S/c1-26-15-12-17(28-3)16(27-2)11-14(15)5-6-19(23)29-13-18(22)20-7-9-21(10-8-20)30(4,24)25/h5-6,11-12H,7-10,13H2,1-4H3/b6-5+. The van der Waals surface area contributed by atoms with Gasteiger partial charge in [-0.2, -0.15) is 4.31 Å². The zero-order valence-corrected chi connectivity index (χ0v) is 18.2. The molecule has 0 spiro atoms. The first-order valence-electron chi connectivity index (χ1n) is 9.07. The van der Waals surface area contributed by atoms with Crippen LogP contribution < -0.4 is 14.2 Å². The first-order valence-corrected chi connectivity index (χ1v) is 10.9. The van der Waals surface area contributed by atoms with Crippen molar-refractivity contribution in [3.8, 4) is 17.2 Å². The fourth-order valence-corrected chi connectivity index (χ4v) is 3.71. The van der Waals surface area contributed by atoms with Crippen molar-refractivity contribution in [2.45, 2.75) is 0 Å². The van der Waals surface area contributed by atoms with Gasteiger partial charge in [-0.25, -0.2) is 13.2 Å². The molecule has 1 amide bonds. The lowest BCUT2D eigenvalue weighted by molar-refractivity contribution is -0.148. The molecule has 2 rings (SSSR count). The zero-order chi connectivity index (χ0) is 22.3. The third-order valence-electron chi connectivity index (χ3n) is 4.53. The highest BCUT2D eigenvalue weighted by Gasteiger charge is 2.26. The maximum atomic E-state index is 12.2. The van der Waals surface area contributed by atoms with Gasteiger partial charge >= 0.3 is 5.97 Å². The lowest BCUT2D eigenvalue weighted by Gasteiger charge is -2.33. The average molecular weight is 442 g/mol. The summed E-state index contributed by atoms with van der Waals surface area (Å²) < 4.78 is 45.1. The van der Waals surface area contributed by atoms with Crippen LogP contribution in [-0.4, -0.2) is 89.9 Å². The number of carbonyl (C=O) groups excluding carboxylic acids is 2. The highest BCUT2D eigenvalue weighted by molar-refractivity contribution is 7.88. The van der Waals surface area contributed by atoms with Crippen molar-refractivity contribution in [3.63, 3.8) is 0 Å². The van der Waals surface area contributed by atoms with E-state index in [0.29, 0.717) is 22.8 Å². The fraction of sp³-hybridized carbons (Fsp3) is 0.474. The number of hydrogen-bond acceptors (Lipinski definition) is 8. The molecule has 1 aromatic rings. The van der Waals surface area contributed by atoms with Crippen LogP contribution in [0.2, 0.25) is 0 Å². The number of ether oxygens (including phenoxy) is 4. The molecule has 1 aliphatic heterocycles. The molecule has 0 saturated carbocycles. The van der Waals surface area contributed by atoms with Crippen LogP contribution in [0.1, 0.15) is 5.56 Å². The first-order chi connectivity index (χ1) is 14.2. The van der Waals surface area contributed by atoms with E-state index in [1.165, 1.54) is 42.7 Å². The molecule has 11 heteroatoms. The normalized spacial score (nSPS) is 15.1. The number of rotatable bonds is 8. The minimum Gasteiger partial charge on any atom is -0.496 e. The third kappa shape index (κ3) is 6.10. The van der Waals surface area contributed by atoms with Crippen molar-refractivity contribution in [1.29, 1.82) is 0 Å². The Balaban J connectivity index is 1.92. The largest absolute Gasteiger partial charge is 0.496 e. The van der Waals surface area contributed by atoms with Crippen LogP contribution in [0.5, 0.6) is 17.2 Å². The molecule has 0 bridgehead atoms. The molecule has 0 unspecified atom stereocenters. The maximum Gasteiger partial charge on any atom is 0.331 e. The number of hydrogen-bond donors (Lipinski definition) is 0. The Morgan fingerprint density at radius 1 is 0.967 bits per heavy atom. The van der Waals surface area contributed by atoms with Gasteiger partial charge in [-0.05, 0) is 12.1 Å². The second-order valence-corrected chi connectivity index (χ2v) is 8.42. The minimum atomic E-state index is -3.28. The highest BCUT2D eigenvalue weighted by Crippen LogP contribution is 2.35. The van der Waals surface area contributed by atoms with E-state index in [4.69, 9.17) is 18.9 Å². The van der Waals surface area contributed by atoms with E-state index in [1.54, 1.807) is 12.1 Å². The van der Waals surface area contributed by atoms with Gasteiger partial charge in [0, 0.05) is 43.9 Å². The molecular formula is C19H26N2O8S. The predicted octanol–water partition coefficient (Wildman–Crippen LogP) is 0.373. The summed E-state index contributed by atoms with van der Waals surface area (Å²) in [7, 11) is 1.20. The maximum absolute atomic E-state index is 12.2. The van der Waals surface area contributed by atoms with Gasteiger partial charge in [-0.1, -0.05) is 0 Å². The average Bonchev–Trinajstić information content (AvgIpc) is 2.74. The topological polar surface area (TPSA) is 112 Å². The van der Waals surface area contributed by atoms with Crippen LogP contribution in [0.25, 0.3) is 6.08 Å². The Bertz CT molecular complexity index is 905. The van der Waals surface area contributed by atoms with Crippen molar-refractivity contribution in [1.82, 2.24) is 9.21 Å². The molecule has 1 aliphatic rings. The third-order valence-corrected chi connectivity index (χ3v) is 5.84. The number of methoxy groups -OCH3 is 3. The van der Waals surface area contributed by atoms with Gasteiger partial charge < -0.3 is 23.8 Å². The van der Waals surface area contributed by atoms with Crippen molar-refractivity contribution in [2.75, 3.05) is 60.4 Å². The Hall–Kier alpha value is -2.79. The van der Waals surface area contributed by atoms with Crippen LogP contribution in [0.3, 0.4) is 0 Å². The first kappa shape index (κ1) is 23.5. The monoisotopic (exact) mass is 442 g/mol. The molecule has 0 aliphatic carbocycles. The fourth-order valence-electron chi connectivity index (χ4n) is 2.88. The van der Waals surface area contributed by atoms with E-state index in [-0.39, 0.29) is 32.1 Å². The van der Waals surface area contributed by atoms with Crippen LogP contribution in [0.4, 0.5) is 0 Å². The van der Waals surface area contributed by atoms with E-state index in [0.717, 1.165) is 6.26 Å². The van der Waals surface area contributed by atoms with Crippen molar-refractivity contribution < 1.29 is 37.0 Å². The van der Waals surface area contributed by atoms with Gasteiger partial charge in [-0.15, -0.1) is 0 Å². The number of benzene rings is 1. The summed E-state index contributed by atoms with van der Waals surface area (Å²) in [5.74, 6) is 0.338. The van der Waals surface area contributed by atoms with Crippen molar-refractivity contribution in [3.05, 3.63) is 23.8 Å². The molecule has 166 valence electrons. The zero-order valence-electron chi connectivity index (χ0n) is 17.4. The van der Waals surface area contributed by atoms with E-state index < -0.39 is 22.6 Å².